The first kappa shape index (κ1) is 14.2. The number of methoxy groups -OCH3 is 1. The summed E-state index contributed by atoms with van der Waals surface area (Å²) in [6.07, 6.45) is 4.81. The largest absolute Gasteiger partial charge is 0.493 e. The van der Waals surface area contributed by atoms with Crippen molar-refractivity contribution < 1.29 is 9.47 Å². The van der Waals surface area contributed by atoms with Crippen molar-refractivity contribution in [3.63, 3.8) is 0 Å². The van der Waals surface area contributed by atoms with Crippen LogP contribution in [0, 0.1) is 0 Å². The highest BCUT2D eigenvalue weighted by atomic mass is 35.5. The fourth-order valence-corrected chi connectivity index (χ4v) is 1.79. The summed E-state index contributed by atoms with van der Waals surface area (Å²) in [5.41, 5.74) is 1.05. The zero-order chi connectivity index (χ0) is 12.5. The van der Waals surface area contributed by atoms with E-state index in [-0.39, 0.29) is 0 Å². The predicted molar refractivity (Wildman–Crippen MR) is 72.2 cm³/mol. The fraction of sp³-hybridized carbons (Fsp3) is 0.571. The highest BCUT2D eigenvalue weighted by molar-refractivity contribution is 6.17. The molecule has 1 rings (SSSR count). The molecule has 0 spiro atoms. The van der Waals surface area contributed by atoms with Gasteiger partial charge in [0.15, 0.2) is 11.5 Å². The molecule has 0 heterocycles. The number of hydrogen-bond acceptors (Lipinski definition) is 2. The maximum atomic E-state index is 5.80. The van der Waals surface area contributed by atoms with Gasteiger partial charge in [-0.25, -0.2) is 0 Å². The summed E-state index contributed by atoms with van der Waals surface area (Å²) in [7, 11) is 1.65. The molecule has 0 atom stereocenters. The van der Waals surface area contributed by atoms with Gasteiger partial charge in [0.25, 0.3) is 0 Å². The molecule has 0 unspecified atom stereocenters. The number of halogens is 1. The van der Waals surface area contributed by atoms with E-state index in [2.05, 4.69) is 6.92 Å². The van der Waals surface area contributed by atoms with E-state index in [1.54, 1.807) is 7.11 Å². The quantitative estimate of drug-likeness (QED) is 0.507. The second kappa shape index (κ2) is 8.24. The van der Waals surface area contributed by atoms with Crippen LogP contribution in [-0.2, 0) is 5.88 Å². The zero-order valence-corrected chi connectivity index (χ0v) is 11.4. The molecule has 0 saturated carbocycles. The number of unbranched alkanes of at least 4 members (excludes halogenated alkanes) is 3. The lowest BCUT2D eigenvalue weighted by Crippen LogP contribution is -2.00. The Labute approximate surface area is 109 Å². The van der Waals surface area contributed by atoms with Crippen LogP contribution in [0.25, 0.3) is 0 Å². The molecule has 2 nitrogen and oxygen atoms in total. The minimum atomic E-state index is 0.496. The zero-order valence-electron chi connectivity index (χ0n) is 10.7. The first-order valence-corrected chi connectivity index (χ1v) is 6.71. The van der Waals surface area contributed by atoms with Gasteiger partial charge in [0.05, 0.1) is 13.7 Å². The Balaban J connectivity index is 2.49. The normalized spacial score (nSPS) is 10.3. The smallest absolute Gasteiger partial charge is 0.161 e. The van der Waals surface area contributed by atoms with Gasteiger partial charge >= 0.3 is 0 Å². The summed E-state index contributed by atoms with van der Waals surface area (Å²) < 4.78 is 11.0. The first-order valence-electron chi connectivity index (χ1n) is 6.17. The maximum absolute atomic E-state index is 5.80. The van der Waals surface area contributed by atoms with Crippen LogP contribution in [-0.4, -0.2) is 13.7 Å². The minimum Gasteiger partial charge on any atom is -0.493 e. The molecule has 3 heteroatoms. The predicted octanol–water partition coefficient (Wildman–Crippen LogP) is 4.39. The van der Waals surface area contributed by atoms with Crippen LogP contribution in [0.15, 0.2) is 18.2 Å². The van der Waals surface area contributed by atoms with E-state index in [1.165, 1.54) is 19.3 Å². The van der Waals surface area contributed by atoms with E-state index >= 15 is 0 Å². The van der Waals surface area contributed by atoms with Gasteiger partial charge in [0.1, 0.15) is 0 Å². The third kappa shape index (κ3) is 4.86. The first-order chi connectivity index (χ1) is 8.31. The average Bonchev–Trinajstić information content (AvgIpc) is 2.38. The highest BCUT2D eigenvalue weighted by Crippen LogP contribution is 2.28. The van der Waals surface area contributed by atoms with Crippen LogP contribution in [0.4, 0.5) is 0 Å². The number of rotatable bonds is 8. The number of benzene rings is 1. The Hall–Kier alpha value is -0.890. The lowest BCUT2D eigenvalue weighted by molar-refractivity contribution is 0.285. The van der Waals surface area contributed by atoms with E-state index < -0.39 is 0 Å². The van der Waals surface area contributed by atoms with Crippen LogP contribution >= 0.6 is 11.6 Å². The average molecular weight is 257 g/mol. The van der Waals surface area contributed by atoms with Gasteiger partial charge in [-0.1, -0.05) is 32.3 Å². The third-order valence-electron chi connectivity index (χ3n) is 2.64. The third-order valence-corrected chi connectivity index (χ3v) is 2.95. The molecule has 0 aliphatic heterocycles. The van der Waals surface area contributed by atoms with Crippen molar-refractivity contribution in [1.29, 1.82) is 0 Å². The van der Waals surface area contributed by atoms with E-state index in [9.17, 15) is 0 Å². The minimum absolute atomic E-state index is 0.496. The molecule has 0 aliphatic carbocycles. The summed E-state index contributed by atoms with van der Waals surface area (Å²) in [5.74, 6) is 2.06. The van der Waals surface area contributed by atoms with Crippen molar-refractivity contribution in [1.82, 2.24) is 0 Å². The van der Waals surface area contributed by atoms with E-state index in [0.29, 0.717) is 5.88 Å². The van der Waals surface area contributed by atoms with Crippen LogP contribution < -0.4 is 9.47 Å². The molecular weight excluding hydrogens is 236 g/mol. The number of alkyl halides is 1. The van der Waals surface area contributed by atoms with Crippen molar-refractivity contribution >= 4 is 11.6 Å². The summed E-state index contributed by atoms with van der Waals surface area (Å²) >= 11 is 5.80. The van der Waals surface area contributed by atoms with E-state index in [1.807, 2.05) is 18.2 Å². The Bertz CT molecular complexity index is 326. The Morgan fingerprint density at radius 2 is 1.94 bits per heavy atom. The molecule has 0 N–H and O–H groups in total. The molecule has 0 fully saturated rings. The van der Waals surface area contributed by atoms with Crippen LogP contribution in [0.3, 0.4) is 0 Å². The lowest BCUT2D eigenvalue weighted by atomic mass is 10.2. The summed E-state index contributed by atoms with van der Waals surface area (Å²) in [6, 6.07) is 5.81. The van der Waals surface area contributed by atoms with Crippen LogP contribution in [0.1, 0.15) is 38.2 Å². The van der Waals surface area contributed by atoms with Gasteiger partial charge in [-0.15, -0.1) is 11.6 Å². The van der Waals surface area contributed by atoms with Gasteiger partial charge in [-0.2, -0.15) is 0 Å². The molecule has 17 heavy (non-hydrogen) atoms. The number of ether oxygens (including phenoxy) is 2. The van der Waals surface area contributed by atoms with Crippen molar-refractivity contribution in [3.05, 3.63) is 23.8 Å². The SMILES string of the molecule is CCCCCCOc1cc(CCl)ccc1OC. The molecular formula is C14H21ClO2. The van der Waals surface area contributed by atoms with Gasteiger partial charge in [0.2, 0.25) is 0 Å². The van der Waals surface area contributed by atoms with Crippen LogP contribution in [0.2, 0.25) is 0 Å². The number of hydrogen-bond donors (Lipinski definition) is 0. The molecule has 0 amide bonds. The van der Waals surface area contributed by atoms with Gasteiger partial charge < -0.3 is 9.47 Å². The van der Waals surface area contributed by atoms with E-state index in [4.69, 9.17) is 21.1 Å². The molecule has 0 aromatic heterocycles. The fourth-order valence-electron chi connectivity index (χ4n) is 1.63. The van der Waals surface area contributed by atoms with Crippen molar-refractivity contribution in [2.24, 2.45) is 0 Å². The lowest BCUT2D eigenvalue weighted by Gasteiger charge is -2.11. The van der Waals surface area contributed by atoms with Gasteiger partial charge in [-0.05, 0) is 24.1 Å². The monoisotopic (exact) mass is 256 g/mol. The molecule has 0 radical (unpaired) electrons. The summed E-state index contributed by atoms with van der Waals surface area (Å²) in [4.78, 5) is 0. The Morgan fingerprint density at radius 3 is 2.59 bits per heavy atom. The molecule has 1 aromatic carbocycles. The topological polar surface area (TPSA) is 18.5 Å². The second-order valence-corrected chi connectivity index (χ2v) is 4.30. The molecule has 0 bridgehead atoms. The Morgan fingerprint density at radius 1 is 1.12 bits per heavy atom. The summed E-state index contributed by atoms with van der Waals surface area (Å²) in [6.45, 7) is 2.94. The van der Waals surface area contributed by atoms with E-state index in [0.717, 1.165) is 30.1 Å². The van der Waals surface area contributed by atoms with Gasteiger partial charge in [0, 0.05) is 5.88 Å². The molecule has 96 valence electrons. The van der Waals surface area contributed by atoms with Crippen molar-refractivity contribution in [2.75, 3.05) is 13.7 Å². The second-order valence-electron chi connectivity index (χ2n) is 4.03. The molecule has 1 aromatic rings. The molecule has 0 saturated heterocycles. The standard InChI is InChI=1S/C14H21ClO2/c1-3-4-5-6-9-17-14-10-12(11-15)7-8-13(14)16-2/h7-8,10H,3-6,9,11H2,1-2H3. The van der Waals surface area contributed by atoms with Crippen molar-refractivity contribution in [3.8, 4) is 11.5 Å². The maximum Gasteiger partial charge on any atom is 0.161 e. The summed E-state index contributed by atoms with van der Waals surface area (Å²) in [5, 5.41) is 0. The van der Waals surface area contributed by atoms with Crippen molar-refractivity contribution in [2.45, 2.75) is 38.5 Å². The van der Waals surface area contributed by atoms with Crippen LogP contribution in [0.5, 0.6) is 11.5 Å². The molecule has 0 aliphatic rings. The van der Waals surface area contributed by atoms with Gasteiger partial charge in [-0.3, -0.25) is 0 Å². The Kier molecular flexibility index (Phi) is 6.87. The highest BCUT2D eigenvalue weighted by Gasteiger charge is 2.05.